The number of hydrogen-bond donors (Lipinski definition) is 1. The Labute approximate surface area is 72.8 Å². The molecule has 0 bridgehead atoms. The Morgan fingerprint density at radius 3 is 2.90 bits per heavy atom. The van der Waals surface area contributed by atoms with Crippen molar-refractivity contribution in [1.82, 2.24) is 9.82 Å². The van der Waals surface area contributed by atoms with Crippen LogP contribution >= 0.6 is 27.7 Å². The molecule has 4 heteroatoms. The van der Waals surface area contributed by atoms with E-state index in [4.69, 9.17) is 11.8 Å². The maximum Gasteiger partial charge on any atom is 0.0555 e. The summed E-state index contributed by atoms with van der Waals surface area (Å²) in [5.74, 6) is 0. The molecule has 0 saturated carbocycles. The van der Waals surface area contributed by atoms with Gasteiger partial charge in [0.2, 0.25) is 0 Å². The van der Waals surface area contributed by atoms with Crippen LogP contribution in [0.5, 0.6) is 0 Å². The van der Waals surface area contributed by atoms with Crippen molar-refractivity contribution in [2.45, 2.75) is 6.54 Å². The van der Waals surface area contributed by atoms with E-state index in [0.717, 1.165) is 10.2 Å². The summed E-state index contributed by atoms with van der Waals surface area (Å²) in [6.45, 7) is 0.592. The molecule has 1 aromatic heterocycles. The van der Waals surface area contributed by atoms with Crippen LogP contribution in [-0.4, -0.2) is 4.98 Å². The van der Waals surface area contributed by atoms with Crippen LogP contribution < -0.4 is 4.84 Å². The smallest absolute Gasteiger partial charge is 0.0555 e. The Bertz CT molecular complexity index is 199. The van der Waals surface area contributed by atoms with Gasteiger partial charge in [0.05, 0.1) is 12.2 Å². The maximum atomic E-state index is 5.27. The second-order valence-electron chi connectivity index (χ2n) is 1.78. The Balaban J connectivity index is 2.69. The molecule has 10 heavy (non-hydrogen) atoms. The molecule has 1 heterocycles. The van der Waals surface area contributed by atoms with E-state index in [0.29, 0.717) is 6.54 Å². The first-order valence-corrected chi connectivity index (χ1v) is 3.94. The van der Waals surface area contributed by atoms with E-state index < -0.39 is 0 Å². The first-order chi connectivity index (χ1) is 4.83. The number of halogens is 2. The van der Waals surface area contributed by atoms with Gasteiger partial charge in [-0.05, 0) is 39.8 Å². The van der Waals surface area contributed by atoms with Crippen molar-refractivity contribution in [3.63, 3.8) is 0 Å². The van der Waals surface area contributed by atoms with Crippen molar-refractivity contribution < 1.29 is 0 Å². The molecular formula is C6H6BrClN2. The monoisotopic (exact) mass is 220 g/mol. The van der Waals surface area contributed by atoms with Crippen molar-refractivity contribution in [1.29, 1.82) is 0 Å². The molecule has 1 N–H and O–H groups in total. The number of pyridine rings is 1. The number of rotatable bonds is 2. The quantitative estimate of drug-likeness (QED) is 0.774. The third-order valence-electron chi connectivity index (χ3n) is 1.04. The molecule has 2 nitrogen and oxygen atoms in total. The third-order valence-corrected chi connectivity index (χ3v) is 1.64. The van der Waals surface area contributed by atoms with Gasteiger partial charge in [-0.25, -0.2) is 4.84 Å². The molecule has 0 aliphatic carbocycles. The molecule has 0 atom stereocenters. The largest absolute Gasteiger partial charge is 0.259 e. The van der Waals surface area contributed by atoms with Gasteiger partial charge in [-0.1, -0.05) is 0 Å². The van der Waals surface area contributed by atoms with Gasteiger partial charge in [-0.2, -0.15) is 0 Å². The molecular weight excluding hydrogens is 215 g/mol. The molecule has 0 saturated heterocycles. The van der Waals surface area contributed by atoms with Crippen LogP contribution in [0.2, 0.25) is 0 Å². The summed E-state index contributed by atoms with van der Waals surface area (Å²) in [5.41, 5.74) is 0.929. The molecule has 0 aliphatic heterocycles. The van der Waals surface area contributed by atoms with Gasteiger partial charge in [0, 0.05) is 10.7 Å². The van der Waals surface area contributed by atoms with Crippen molar-refractivity contribution in [2.75, 3.05) is 0 Å². The minimum Gasteiger partial charge on any atom is -0.259 e. The van der Waals surface area contributed by atoms with E-state index in [9.17, 15) is 0 Å². The second-order valence-corrected chi connectivity index (χ2v) is 2.96. The highest BCUT2D eigenvalue weighted by atomic mass is 79.9. The average Bonchev–Trinajstić information content (AvgIpc) is 1.95. The number of hydrogen-bond acceptors (Lipinski definition) is 2. The van der Waals surface area contributed by atoms with Crippen LogP contribution in [0.1, 0.15) is 5.69 Å². The minimum atomic E-state index is 0.592. The van der Waals surface area contributed by atoms with Crippen LogP contribution in [0.15, 0.2) is 22.8 Å². The van der Waals surface area contributed by atoms with E-state index in [-0.39, 0.29) is 0 Å². The van der Waals surface area contributed by atoms with Gasteiger partial charge < -0.3 is 0 Å². The number of nitrogens with one attached hydrogen (secondary N) is 1. The summed E-state index contributed by atoms with van der Waals surface area (Å²) in [5, 5.41) is 0. The highest BCUT2D eigenvalue weighted by molar-refractivity contribution is 9.10. The summed E-state index contributed by atoms with van der Waals surface area (Å²) in [6, 6.07) is 3.83. The number of nitrogens with zero attached hydrogens (tertiary/aromatic N) is 1. The van der Waals surface area contributed by atoms with Crippen molar-refractivity contribution in [3.05, 3.63) is 28.5 Å². The Hall–Kier alpha value is -0.120. The van der Waals surface area contributed by atoms with E-state index in [1.807, 2.05) is 12.1 Å². The van der Waals surface area contributed by atoms with Crippen LogP contribution in [0, 0.1) is 0 Å². The highest BCUT2D eigenvalue weighted by Gasteiger charge is 1.90. The van der Waals surface area contributed by atoms with E-state index >= 15 is 0 Å². The molecule has 0 fully saturated rings. The van der Waals surface area contributed by atoms with E-state index in [1.54, 1.807) is 6.20 Å². The van der Waals surface area contributed by atoms with Gasteiger partial charge in [-0.3, -0.25) is 4.98 Å². The number of aromatic nitrogens is 1. The predicted octanol–water partition coefficient (Wildman–Crippen LogP) is 2.09. The van der Waals surface area contributed by atoms with Crippen molar-refractivity contribution in [2.24, 2.45) is 0 Å². The highest BCUT2D eigenvalue weighted by Crippen LogP contribution is 2.06. The summed E-state index contributed by atoms with van der Waals surface area (Å²) < 4.78 is 0.978. The second kappa shape index (κ2) is 3.91. The van der Waals surface area contributed by atoms with Crippen molar-refractivity contribution in [3.8, 4) is 0 Å². The molecule has 0 amide bonds. The molecule has 0 aliphatic rings. The fourth-order valence-corrected chi connectivity index (χ4v) is 0.951. The fraction of sp³-hybridized carbons (Fsp3) is 0.167. The molecule has 0 unspecified atom stereocenters. The lowest BCUT2D eigenvalue weighted by Gasteiger charge is -1.95. The van der Waals surface area contributed by atoms with Crippen LogP contribution in [0.4, 0.5) is 0 Å². The fourth-order valence-electron chi connectivity index (χ4n) is 0.579. The first kappa shape index (κ1) is 7.98. The third kappa shape index (κ3) is 2.25. The molecule has 0 radical (unpaired) electrons. The van der Waals surface area contributed by atoms with Gasteiger partial charge in [-0.15, -0.1) is 0 Å². The molecule has 0 spiro atoms. The lowest BCUT2D eigenvalue weighted by atomic mass is 10.4. The molecule has 0 aromatic carbocycles. The average molecular weight is 221 g/mol. The topological polar surface area (TPSA) is 24.9 Å². The van der Waals surface area contributed by atoms with E-state index in [1.165, 1.54) is 0 Å². The molecule has 1 rings (SSSR count). The molecule has 54 valence electrons. The van der Waals surface area contributed by atoms with Gasteiger partial charge in [0.25, 0.3) is 0 Å². The molecule has 1 aromatic rings. The Kier molecular flexibility index (Phi) is 3.12. The SMILES string of the molecule is ClNCc1ccc(Br)cn1. The predicted molar refractivity (Wildman–Crippen MR) is 44.6 cm³/mol. The first-order valence-electron chi connectivity index (χ1n) is 2.77. The standard InChI is InChI=1S/C6H6BrClN2/c7-5-1-2-6(4-10-8)9-3-5/h1-3,10H,4H2. The summed E-state index contributed by atoms with van der Waals surface area (Å²) >= 11 is 8.55. The van der Waals surface area contributed by atoms with Crippen LogP contribution in [-0.2, 0) is 6.54 Å². The summed E-state index contributed by atoms with van der Waals surface area (Å²) in [6.07, 6.45) is 1.74. The van der Waals surface area contributed by atoms with Crippen LogP contribution in [0.25, 0.3) is 0 Å². The van der Waals surface area contributed by atoms with Gasteiger partial charge in [0.15, 0.2) is 0 Å². The van der Waals surface area contributed by atoms with E-state index in [2.05, 4.69) is 25.7 Å². The van der Waals surface area contributed by atoms with Crippen molar-refractivity contribution >= 4 is 27.7 Å². The lowest BCUT2D eigenvalue weighted by Crippen LogP contribution is -1.99. The summed E-state index contributed by atoms with van der Waals surface area (Å²) in [7, 11) is 0. The van der Waals surface area contributed by atoms with Gasteiger partial charge >= 0.3 is 0 Å². The Morgan fingerprint density at radius 1 is 1.60 bits per heavy atom. The Morgan fingerprint density at radius 2 is 2.40 bits per heavy atom. The zero-order chi connectivity index (χ0) is 7.40. The van der Waals surface area contributed by atoms with Crippen LogP contribution in [0.3, 0.4) is 0 Å². The van der Waals surface area contributed by atoms with Gasteiger partial charge in [0.1, 0.15) is 0 Å². The zero-order valence-corrected chi connectivity index (χ0v) is 7.48. The maximum absolute atomic E-state index is 5.27. The minimum absolute atomic E-state index is 0.592. The summed E-state index contributed by atoms with van der Waals surface area (Å²) in [4.78, 5) is 6.57. The normalized spacial score (nSPS) is 9.80. The zero-order valence-electron chi connectivity index (χ0n) is 5.14. The lowest BCUT2D eigenvalue weighted by molar-refractivity contribution is 0.910.